The quantitative estimate of drug-likeness (QED) is 0.766. The van der Waals surface area contributed by atoms with E-state index in [0.717, 1.165) is 24.6 Å². The molecule has 0 aliphatic rings. The molecule has 16 heavy (non-hydrogen) atoms. The SMILES string of the molecule is COc1ccccc1CN(C)CC(C)CS. The minimum Gasteiger partial charge on any atom is -0.496 e. The van der Waals surface area contributed by atoms with Crippen molar-refractivity contribution in [2.24, 2.45) is 5.92 Å². The largest absolute Gasteiger partial charge is 0.496 e. The topological polar surface area (TPSA) is 12.5 Å². The van der Waals surface area contributed by atoms with Crippen molar-refractivity contribution in [3.8, 4) is 5.75 Å². The first-order valence-corrected chi connectivity index (χ1v) is 6.22. The lowest BCUT2D eigenvalue weighted by atomic mass is 10.1. The molecule has 1 aromatic rings. The van der Waals surface area contributed by atoms with Crippen LogP contribution in [-0.4, -0.2) is 31.4 Å². The Kier molecular flexibility index (Phi) is 5.71. The van der Waals surface area contributed by atoms with E-state index in [4.69, 9.17) is 4.74 Å². The van der Waals surface area contributed by atoms with Crippen LogP contribution < -0.4 is 4.74 Å². The van der Waals surface area contributed by atoms with E-state index >= 15 is 0 Å². The van der Waals surface area contributed by atoms with Gasteiger partial charge in [0.15, 0.2) is 0 Å². The van der Waals surface area contributed by atoms with Gasteiger partial charge in [0.2, 0.25) is 0 Å². The smallest absolute Gasteiger partial charge is 0.123 e. The van der Waals surface area contributed by atoms with Crippen LogP contribution in [0.15, 0.2) is 24.3 Å². The summed E-state index contributed by atoms with van der Waals surface area (Å²) >= 11 is 4.30. The summed E-state index contributed by atoms with van der Waals surface area (Å²) < 4.78 is 5.34. The van der Waals surface area contributed by atoms with E-state index in [1.54, 1.807) is 7.11 Å². The van der Waals surface area contributed by atoms with Gasteiger partial charge in [-0.1, -0.05) is 25.1 Å². The Labute approximate surface area is 104 Å². The van der Waals surface area contributed by atoms with Crippen LogP contribution in [0.5, 0.6) is 5.75 Å². The van der Waals surface area contributed by atoms with Gasteiger partial charge in [0.1, 0.15) is 5.75 Å². The Morgan fingerprint density at radius 1 is 1.38 bits per heavy atom. The van der Waals surface area contributed by atoms with E-state index in [9.17, 15) is 0 Å². The normalized spacial score (nSPS) is 12.8. The Bertz CT molecular complexity index is 317. The maximum atomic E-state index is 5.34. The molecule has 0 saturated carbocycles. The van der Waals surface area contributed by atoms with Crippen molar-refractivity contribution in [2.45, 2.75) is 13.5 Å². The highest BCUT2D eigenvalue weighted by Gasteiger charge is 2.08. The molecule has 1 rings (SSSR count). The minimum atomic E-state index is 0.614. The maximum Gasteiger partial charge on any atom is 0.123 e. The van der Waals surface area contributed by atoms with Crippen molar-refractivity contribution in [3.63, 3.8) is 0 Å². The summed E-state index contributed by atoms with van der Waals surface area (Å²) in [5.41, 5.74) is 1.24. The van der Waals surface area contributed by atoms with Crippen molar-refractivity contribution < 1.29 is 4.74 Å². The molecule has 0 radical (unpaired) electrons. The summed E-state index contributed by atoms with van der Waals surface area (Å²) in [6.45, 7) is 4.19. The van der Waals surface area contributed by atoms with Crippen LogP contribution in [0.2, 0.25) is 0 Å². The zero-order valence-electron chi connectivity index (χ0n) is 10.3. The van der Waals surface area contributed by atoms with Gasteiger partial charge >= 0.3 is 0 Å². The molecule has 0 amide bonds. The Balaban J connectivity index is 2.58. The van der Waals surface area contributed by atoms with Gasteiger partial charge in [-0.3, -0.25) is 0 Å². The summed E-state index contributed by atoms with van der Waals surface area (Å²) in [5, 5.41) is 0. The molecule has 3 heteroatoms. The summed E-state index contributed by atoms with van der Waals surface area (Å²) in [7, 11) is 3.85. The minimum absolute atomic E-state index is 0.614. The number of hydrogen-bond acceptors (Lipinski definition) is 3. The maximum absolute atomic E-state index is 5.34. The Morgan fingerprint density at radius 3 is 2.69 bits per heavy atom. The van der Waals surface area contributed by atoms with Gasteiger partial charge in [0.25, 0.3) is 0 Å². The van der Waals surface area contributed by atoms with Crippen molar-refractivity contribution in [1.29, 1.82) is 0 Å². The van der Waals surface area contributed by atoms with Gasteiger partial charge in [0.05, 0.1) is 7.11 Å². The fourth-order valence-electron chi connectivity index (χ4n) is 1.78. The molecule has 0 N–H and O–H groups in total. The molecule has 0 bridgehead atoms. The van der Waals surface area contributed by atoms with Crippen LogP contribution in [-0.2, 0) is 6.54 Å². The van der Waals surface area contributed by atoms with E-state index in [2.05, 4.69) is 37.6 Å². The van der Waals surface area contributed by atoms with E-state index < -0.39 is 0 Å². The van der Waals surface area contributed by atoms with Gasteiger partial charge in [-0.25, -0.2) is 0 Å². The van der Waals surface area contributed by atoms with Crippen molar-refractivity contribution >= 4 is 12.6 Å². The third-order valence-electron chi connectivity index (χ3n) is 2.57. The summed E-state index contributed by atoms with van der Waals surface area (Å²) in [4.78, 5) is 2.30. The van der Waals surface area contributed by atoms with E-state index in [1.165, 1.54) is 5.56 Å². The fourth-order valence-corrected chi connectivity index (χ4v) is 1.89. The third-order valence-corrected chi connectivity index (χ3v) is 3.19. The van der Waals surface area contributed by atoms with Crippen LogP contribution in [0, 0.1) is 5.92 Å². The van der Waals surface area contributed by atoms with E-state index in [0.29, 0.717) is 5.92 Å². The van der Waals surface area contributed by atoms with Crippen LogP contribution >= 0.6 is 12.6 Å². The molecule has 0 heterocycles. The lowest BCUT2D eigenvalue weighted by Gasteiger charge is -2.21. The number of nitrogens with zero attached hydrogens (tertiary/aromatic N) is 1. The van der Waals surface area contributed by atoms with E-state index in [1.807, 2.05) is 18.2 Å². The van der Waals surface area contributed by atoms with Crippen LogP contribution in [0.3, 0.4) is 0 Å². The highest BCUT2D eigenvalue weighted by atomic mass is 32.1. The number of rotatable bonds is 6. The zero-order valence-corrected chi connectivity index (χ0v) is 11.2. The van der Waals surface area contributed by atoms with Crippen LogP contribution in [0.4, 0.5) is 0 Å². The second-order valence-corrected chi connectivity index (χ2v) is 4.66. The molecule has 0 aliphatic heterocycles. The molecule has 1 atom stereocenters. The standard InChI is InChI=1S/C13H21NOS/c1-11(10-16)8-14(2)9-12-6-4-5-7-13(12)15-3/h4-7,11,16H,8-10H2,1-3H3. The zero-order chi connectivity index (χ0) is 12.0. The molecule has 2 nitrogen and oxygen atoms in total. The molecule has 0 spiro atoms. The third kappa shape index (κ3) is 4.06. The number of thiol groups is 1. The number of ether oxygens (including phenoxy) is 1. The average Bonchev–Trinajstić information content (AvgIpc) is 2.29. The average molecular weight is 239 g/mol. The molecule has 0 aliphatic carbocycles. The molecule has 1 unspecified atom stereocenters. The summed E-state index contributed by atoms with van der Waals surface area (Å²) in [5.74, 6) is 2.51. The first-order chi connectivity index (χ1) is 7.67. The fraction of sp³-hybridized carbons (Fsp3) is 0.538. The molecule has 1 aromatic carbocycles. The second kappa shape index (κ2) is 6.81. The van der Waals surface area contributed by atoms with Crippen molar-refractivity contribution in [3.05, 3.63) is 29.8 Å². The Morgan fingerprint density at radius 2 is 2.06 bits per heavy atom. The van der Waals surface area contributed by atoms with Crippen LogP contribution in [0.1, 0.15) is 12.5 Å². The summed E-state index contributed by atoms with van der Waals surface area (Å²) in [6.07, 6.45) is 0. The van der Waals surface area contributed by atoms with E-state index in [-0.39, 0.29) is 0 Å². The number of benzene rings is 1. The molecule has 90 valence electrons. The summed E-state index contributed by atoms with van der Waals surface area (Å²) in [6, 6.07) is 8.17. The number of para-hydroxylation sites is 1. The molecule has 0 saturated heterocycles. The van der Waals surface area contributed by atoms with Crippen molar-refractivity contribution in [2.75, 3.05) is 26.5 Å². The number of methoxy groups -OCH3 is 1. The van der Waals surface area contributed by atoms with Gasteiger partial charge < -0.3 is 9.64 Å². The molecular weight excluding hydrogens is 218 g/mol. The van der Waals surface area contributed by atoms with Gasteiger partial charge in [0, 0.05) is 18.7 Å². The Hall–Kier alpha value is -0.670. The first kappa shape index (κ1) is 13.4. The molecular formula is C13H21NOS. The molecule has 0 aromatic heterocycles. The first-order valence-electron chi connectivity index (χ1n) is 5.58. The highest BCUT2D eigenvalue weighted by molar-refractivity contribution is 7.80. The van der Waals surface area contributed by atoms with Crippen LogP contribution in [0.25, 0.3) is 0 Å². The van der Waals surface area contributed by atoms with Gasteiger partial charge in [-0.05, 0) is 24.8 Å². The predicted molar refractivity (Wildman–Crippen MR) is 72.3 cm³/mol. The lowest BCUT2D eigenvalue weighted by Crippen LogP contribution is -2.24. The predicted octanol–water partition coefficient (Wildman–Crippen LogP) is 2.69. The molecule has 0 fully saturated rings. The highest BCUT2D eigenvalue weighted by Crippen LogP contribution is 2.19. The second-order valence-electron chi connectivity index (χ2n) is 4.30. The monoisotopic (exact) mass is 239 g/mol. The number of hydrogen-bond donors (Lipinski definition) is 1. The van der Waals surface area contributed by atoms with Crippen molar-refractivity contribution in [1.82, 2.24) is 4.90 Å². The van der Waals surface area contributed by atoms with Gasteiger partial charge in [-0.15, -0.1) is 0 Å². The van der Waals surface area contributed by atoms with Gasteiger partial charge in [-0.2, -0.15) is 12.6 Å². The lowest BCUT2D eigenvalue weighted by molar-refractivity contribution is 0.285.